The molecule has 4 aromatic rings. The number of hydrogen-bond donors (Lipinski definition) is 1. The van der Waals surface area contributed by atoms with E-state index < -0.39 is 17.9 Å². The molecule has 1 unspecified atom stereocenters. The Morgan fingerprint density at radius 2 is 1.86 bits per heavy atom. The molecule has 5 rings (SSSR count). The summed E-state index contributed by atoms with van der Waals surface area (Å²) in [6, 6.07) is 22.2. The van der Waals surface area contributed by atoms with Crippen LogP contribution in [-0.4, -0.2) is 27.7 Å². The fourth-order valence-corrected chi connectivity index (χ4v) is 4.41. The van der Waals surface area contributed by atoms with E-state index in [9.17, 15) is 9.59 Å². The van der Waals surface area contributed by atoms with E-state index in [2.05, 4.69) is 16.3 Å². The highest BCUT2D eigenvalue weighted by molar-refractivity contribution is 6.30. The monoisotopic (exact) mass is 491 g/mol. The van der Waals surface area contributed by atoms with Gasteiger partial charge in [0.2, 0.25) is 0 Å². The lowest BCUT2D eigenvalue weighted by atomic mass is 9.88. The quantitative estimate of drug-likeness (QED) is 0.413. The van der Waals surface area contributed by atoms with Gasteiger partial charge in [-0.25, -0.2) is 14.7 Å². The minimum absolute atomic E-state index is 0.0693. The van der Waals surface area contributed by atoms with Crippen LogP contribution in [0.1, 0.15) is 34.2 Å². The van der Waals surface area contributed by atoms with Gasteiger partial charge in [-0.3, -0.25) is 4.90 Å². The molecular formula is C26H22ClN3O5. The Morgan fingerprint density at radius 3 is 2.66 bits per heavy atom. The zero-order valence-corrected chi connectivity index (χ0v) is 19.4. The molecule has 1 N–H and O–H groups in total. The average Bonchev–Trinajstić information content (AvgIpc) is 3.31. The highest BCUT2D eigenvalue weighted by atomic mass is 35.5. The fourth-order valence-electron chi connectivity index (χ4n) is 4.23. The number of aromatic amines is 1. The van der Waals surface area contributed by atoms with Crippen LogP contribution in [0.4, 0.5) is 4.79 Å². The molecule has 1 atom stereocenters. The number of rotatable bonds is 6. The molecule has 9 heteroatoms. The van der Waals surface area contributed by atoms with E-state index in [0.717, 1.165) is 16.7 Å². The van der Waals surface area contributed by atoms with Crippen LogP contribution in [-0.2, 0) is 24.4 Å². The van der Waals surface area contributed by atoms with Crippen molar-refractivity contribution in [2.45, 2.75) is 25.7 Å². The highest BCUT2D eigenvalue weighted by Gasteiger charge is 2.35. The number of carbonyl (C=O) groups excluding carboxylic acids is 1. The molecule has 178 valence electrons. The minimum Gasteiger partial charge on any atom is -0.483 e. The first-order valence-electron chi connectivity index (χ1n) is 11.1. The molecule has 8 nitrogen and oxygen atoms in total. The van der Waals surface area contributed by atoms with E-state index in [0.29, 0.717) is 29.3 Å². The Labute approximate surface area is 206 Å². The van der Waals surface area contributed by atoms with Crippen molar-refractivity contribution >= 4 is 17.7 Å². The number of benzene rings is 3. The third kappa shape index (κ3) is 5.07. The zero-order valence-electron chi connectivity index (χ0n) is 18.6. The smallest absolute Gasteiger partial charge is 0.434 e. The van der Waals surface area contributed by atoms with Gasteiger partial charge >= 0.3 is 11.8 Å². The Morgan fingerprint density at radius 1 is 1.06 bits per heavy atom. The topological polar surface area (TPSA) is 97.7 Å². The second kappa shape index (κ2) is 10.1. The summed E-state index contributed by atoms with van der Waals surface area (Å²) < 4.78 is 16.6. The predicted molar refractivity (Wildman–Crippen MR) is 128 cm³/mol. The lowest BCUT2D eigenvalue weighted by Gasteiger charge is -2.37. The fraction of sp³-hybridized carbons (Fsp3) is 0.192. The van der Waals surface area contributed by atoms with E-state index in [-0.39, 0.29) is 19.1 Å². The standard InChI is InChI=1S/C26H22ClN3O5/c27-19-10-11-22(33-16-23-28-29-25(31)35-23)21(14-19)24-20-9-5-4-8-18(20)12-13-30(24)26(32)34-15-17-6-2-1-3-7-17/h1-11,14,24H,12-13,15-16H2,(H,29,31). The normalized spacial score (nSPS) is 14.9. The van der Waals surface area contributed by atoms with E-state index in [1.165, 1.54) is 0 Å². The van der Waals surface area contributed by atoms with Crippen LogP contribution in [0.25, 0.3) is 0 Å². The van der Waals surface area contributed by atoms with Crippen molar-refractivity contribution < 1.29 is 18.7 Å². The number of H-pyrrole nitrogens is 1. The Balaban J connectivity index is 1.48. The molecule has 0 radical (unpaired) electrons. The van der Waals surface area contributed by atoms with Crippen LogP contribution in [0.3, 0.4) is 0 Å². The van der Waals surface area contributed by atoms with Gasteiger partial charge in [0.1, 0.15) is 12.4 Å². The molecule has 0 fully saturated rings. The summed E-state index contributed by atoms with van der Waals surface area (Å²) in [4.78, 5) is 26.3. The lowest BCUT2D eigenvalue weighted by molar-refractivity contribution is 0.0830. The van der Waals surface area contributed by atoms with Gasteiger partial charge < -0.3 is 13.9 Å². The van der Waals surface area contributed by atoms with Crippen molar-refractivity contribution in [1.29, 1.82) is 0 Å². The number of carbonyl (C=O) groups is 1. The third-order valence-electron chi connectivity index (χ3n) is 5.82. The van der Waals surface area contributed by atoms with Gasteiger partial charge in [0.05, 0.1) is 6.04 Å². The molecule has 1 aliphatic rings. The third-order valence-corrected chi connectivity index (χ3v) is 6.06. The Hall–Kier alpha value is -4.04. The number of hydrogen-bond acceptors (Lipinski definition) is 6. The van der Waals surface area contributed by atoms with Crippen LogP contribution in [0.2, 0.25) is 5.02 Å². The molecule has 0 saturated heterocycles. The van der Waals surface area contributed by atoms with Crippen LogP contribution in [0.5, 0.6) is 5.75 Å². The zero-order chi connectivity index (χ0) is 24.2. The molecule has 1 aromatic heterocycles. The van der Waals surface area contributed by atoms with Crippen molar-refractivity contribution in [3.8, 4) is 5.75 Å². The molecule has 35 heavy (non-hydrogen) atoms. The summed E-state index contributed by atoms with van der Waals surface area (Å²) >= 11 is 6.38. The first kappa shape index (κ1) is 22.7. The summed E-state index contributed by atoms with van der Waals surface area (Å²) in [5.41, 5.74) is 3.70. The molecule has 1 amide bonds. The molecule has 0 aliphatic carbocycles. The van der Waals surface area contributed by atoms with Crippen LogP contribution in [0.15, 0.2) is 82.0 Å². The van der Waals surface area contributed by atoms with Gasteiger partial charge in [-0.2, -0.15) is 0 Å². The second-order valence-corrected chi connectivity index (χ2v) is 8.50. The number of nitrogens with zero attached hydrogens (tertiary/aromatic N) is 2. The summed E-state index contributed by atoms with van der Waals surface area (Å²) in [6.45, 7) is 0.567. The molecule has 1 aliphatic heterocycles. The van der Waals surface area contributed by atoms with E-state index in [4.69, 9.17) is 25.5 Å². The van der Waals surface area contributed by atoms with E-state index in [1.807, 2.05) is 48.5 Å². The van der Waals surface area contributed by atoms with Gasteiger partial charge in [-0.05, 0) is 41.3 Å². The maximum absolute atomic E-state index is 13.3. The van der Waals surface area contributed by atoms with E-state index in [1.54, 1.807) is 23.1 Å². The Bertz CT molecular complexity index is 1390. The van der Waals surface area contributed by atoms with Gasteiger partial charge in [-0.1, -0.05) is 66.2 Å². The number of fused-ring (bicyclic) bond motifs is 1. The van der Waals surface area contributed by atoms with Gasteiger partial charge in [0.15, 0.2) is 6.61 Å². The number of amides is 1. The molecular weight excluding hydrogens is 470 g/mol. The van der Waals surface area contributed by atoms with Crippen molar-refractivity contribution in [2.24, 2.45) is 0 Å². The largest absolute Gasteiger partial charge is 0.483 e. The van der Waals surface area contributed by atoms with Crippen molar-refractivity contribution in [1.82, 2.24) is 15.1 Å². The predicted octanol–water partition coefficient (Wildman–Crippen LogP) is 4.88. The molecule has 0 bridgehead atoms. The maximum atomic E-state index is 13.3. The number of ether oxygens (including phenoxy) is 2. The van der Waals surface area contributed by atoms with Crippen molar-refractivity contribution in [3.05, 3.63) is 117 Å². The summed E-state index contributed by atoms with van der Waals surface area (Å²) in [5, 5.41) is 6.49. The lowest BCUT2D eigenvalue weighted by Crippen LogP contribution is -2.41. The van der Waals surface area contributed by atoms with E-state index >= 15 is 0 Å². The van der Waals surface area contributed by atoms with Gasteiger partial charge in [0.25, 0.3) is 5.89 Å². The first-order valence-corrected chi connectivity index (χ1v) is 11.5. The maximum Gasteiger partial charge on any atom is 0.434 e. The summed E-state index contributed by atoms with van der Waals surface area (Å²) in [7, 11) is 0. The number of nitrogens with one attached hydrogen (secondary N) is 1. The highest BCUT2D eigenvalue weighted by Crippen LogP contribution is 2.41. The van der Waals surface area contributed by atoms with Gasteiger partial charge in [0, 0.05) is 17.1 Å². The molecule has 3 aromatic carbocycles. The molecule has 2 heterocycles. The van der Waals surface area contributed by atoms with Gasteiger partial charge in [-0.15, -0.1) is 5.10 Å². The van der Waals surface area contributed by atoms with Crippen LogP contribution >= 0.6 is 11.6 Å². The first-order chi connectivity index (χ1) is 17.1. The summed E-state index contributed by atoms with van der Waals surface area (Å²) in [6.07, 6.45) is 0.264. The molecule has 0 saturated carbocycles. The van der Waals surface area contributed by atoms with Crippen molar-refractivity contribution in [2.75, 3.05) is 6.54 Å². The number of halogens is 1. The second-order valence-electron chi connectivity index (χ2n) is 8.06. The van der Waals surface area contributed by atoms with Crippen molar-refractivity contribution in [3.63, 3.8) is 0 Å². The minimum atomic E-state index is -0.659. The van der Waals surface area contributed by atoms with Crippen LogP contribution < -0.4 is 10.5 Å². The SMILES string of the molecule is O=C(OCc1ccccc1)N1CCc2ccccc2C1c1cc(Cl)ccc1OCc1n[nH]c(=O)o1. The average molecular weight is 492 g/mol. The number of aromatic nitrogens is 2. The van der Waals surface area contributed by atoms with Crippen LogP contribution in [0, 0.1) is 0 Å². The Kier molecular flexibility index (Phi) is 6.54. The molecule has 0 spiro atoms. The summed E-state index contributed by atoms with van der Waals surface area (Å²) in [5.74, 6) is -0.0600.